The zero-order chi connectivity index (χ0) is 25.4. The molecule has 0 fully saturated rings. The van der Waals surface area contributed by atoms with E-state index in [2.05, 4.69) is 10.1 Å². The van der Waals surface area contributed by atoms with Crippen LogP contribution in [0.3, 0.4) is 0 Å². The fourth-order valence-corrected chi connectivity index (χ4v) is 4.19. The van der Waals surface area contributed by atoms with Gasteiger partial charge in [0.05, 0.1) is 26.9 Å². The van der Waals surface area contributed by atoms with Gasteiger partial charge in [-0.05, 0) is 55.3 Å². The Labute approximate surface area is 207 Å². The first-order valence-electron chi connectivity index (χ1n) is 11.3. The fourth-order valence-electron chi connectivity index (χ4n) is 4.19. The maximum absolute atomic E-state index is 13.4. The van der Waals surface area contributed by atoms with Crippen LogP contribution in [0, 0.1) is 13.8 Å². The van der Waals surface area contributed by atoms with Crippen molar-refractivity contribution in [3.05, 3.63) is 82.3 Å². The largest absolute Gasteiger partial charge is 0.493 e. The Bertz CT molecular complexity index is 1630. The van der Waals surface area contributed by atoms with E-state index in [9.17, 15) is 4.79 Å². The number of ether oxygens (including phenoxy) is 3. The van der Waals surface area contributed by atoms with Gasteiger partial charge in [-0.1, -0.05) is 29.4 Å². The molecule has 0 aliphatic heterocycles. The summed E-state index contributed by atoms with van der Waals surface area (Å²) < 4.78 is 23.6. The molecule has 2 heterocycles. The van der Waals surface area contributed by atoms with Gasteiger partial charge in [-0.2, -0.15) is 4.98 Å². The van der Waals surface area contributed by atoms with E-state index in [0.717, 1.165) is 22.2 Å². The Morgan fingerprint density at radius 2 is 1.53 bits per heavy atom. The number of hydrogen-bond acceptors (Lipinski definition) is 7. The highest BCUT2D eigenvalue weighted by Crippen LogP contribution is 2.41. The number of benzene rings is 3. The molecular weight excluding hydrogens is 458 g/mol. The third-order valence-electron chi connectivity index (χ3n) is 6.27. The molecule has 0 spiro atoms. The number of aryl methyl sites for hydroxylation is 2. The topological polar surface area (TPSA) is 88.6 Å². The predicted molar refractivity (Wildman–Crippen MR) is 137 cm³/mol. The smallest absolute Gasteiger partial charge is 0.262 e. The molecular formula is C28H25N3O5. The minimum atomic E-state index is -0.123. The van der Waals surface area contributed by atoms with E-state index in [1.165, 1.54) is 0 Å². The summed E-state index contributed by atoms with van der Waals surface area (Å²) in [6, 6.07) is 16.8. The molecule has 0 N–H and O–H groups in total. The van der Waals surface area contributed by atoms with Gasteiger partial charge in [-0.25, -0.2) is 0 Å². The van der Waals surface area contributed by atoms with Crippen molar-refractivity contribution in [2.24, 2.45) is 0 Å². The van der Waals surface area contributed by atoms with Crippen molar-refractivity contribution in [3.63, 3.8) is 0 Å². The van der Waals surface area contributed by atoms with E-state index in [1.54, 1.807) is 50.3 Å². The molecule has 0 bridgehead atoms. The molecule has 5 rings (SSSR count). The molecule has 5 aromatic rings. The molecule has 0 aliphatic carbocycles. The Morgan fingerprint density at radius 1 is 0.833 bits per heavy atom. The summed E-state index contributed by atoms with van der Waals surface area (Å²) in [6.45, 7) is 4.06. The minimum Gasteiger partial charge on any atom is -0.493 e. The average molecular weight is 484 g/mol. The van der Waals surface area contributed by atoms with Crippen molar-refractivity contribution in [2.45, 2.75) is 13.8 Å². The highest BCUT2D eigenvalue weighted by atomic mass is 16.5. The van der Waals surface area contributed by atoms with Gasteiger partial charge in [0, 0.05) is 28.2 Å². The SMILES string of the molecule is COc1cc(-c2noc(-c3cn(-c4ccc(C)c(C)c4)c(=O)c4ccccc34)n2)cc(OC)c1OC. The minimum absolute atomic E-state index is 0.123. The van der Waals surface area contributed by atoms with Gasteiger partial charge in [-0.15, -0.1) is 0 Å². The number of nitrogens with zero attached hydrogens (tertiary/aromatic N) is 3. The van der Waals surface area contributed by atoms with Crippen LogP contribution < -0.4 is 19.8 Å². The lowest BCUT2D eigenvalue weighted by Crippen LogP contribution is -2.18. The number of aromatic nitrogens is 3. The molecule has 8 heteroatoms. The van der Waals surface area contributed by atoms with Crippen LogP contribution in [-0.4, -0.2) is 36.0 Å². The van der Waals surface area contributed by atoms with Crippen molar-refractivity contribution in [2.75, 3.05) is 21.3 Å². The van der Waals surface area contributed by atoms with Gasteiger partial charge in [0.25, 0.3) is 11.4 Å². The Balaban J connectivity index is 1.69. The van der Waals surface area contributed by atoms with Gasteiger partial charge >= 0.3 is 0 Å². The summed E-state index contributed by atoms with van der Waals surface area (Å²) in [5.74, 6) is 2.06. The number of fused-ring (bicyclic) bond motifs is 1. The van der Waals surface area contributed by atoms with Crippen LogP contribution in [0.4, 0.5) is 0 Å². The third kappa shape index (κ3) is 3.86. The van der Waals surface area contributed by atoms with Crippen LogP contribution in [-0.2, 0) is 0 Å². The van der Waals surface area contributed by atoms with Gasteiger partial charge in [0.2, 0.25) is 11.6 Å². The molecule has 0 amide bonds. The summed E-state index contributed by atoms with van der Waals surface area (Å²) >= 11 is 0. The number of pyridine rings is 1. The summed E-state index contributed by atoms with van der Waals surface area (Å²) in [6.07, 6.45) is 1.75. The number of methoxy groups -OCH3 is 3. The first-order chi connectivity index (χ1) is 17.4. The summed E-state index contributed by atoms with van der Waals surface area (Å²) in [5.41, 5.74) is 4.17. The maximum Gasteiger partial charge on any atom is 0.262 e. The van der Waals surface area contributed by atoms with E-state index in [4.69, 9.17) is 18.7 Å². The third-order valence-corrected chi connectivity index (χ3v) is 6.27. The lowest BCUT2D eigenvalue weighted by molar-refractivity contribution is 0.324. The van der Waals surface area contributed by atoms with Crippen LogP contribution in [0.25, 0.3) is 39.3 Å². The normalized spacial score (nSPS) is 11.0. The van der Waals surface area contributed by atoms with E-state index >= 15 is 0 Å². The molecule has 8 nitrogen and oxygen atoms in total. The monoisotopic (exact) mass is 483 g/mol. The van der Waals surface area contributed by atoms with Crippen LogP contribution >= 0.6 is 0 Å². The molecule has 0 saturated carbocycles. The molecule has 36 heavy (non-hydrogen) atoms. The molecule has 0 aliphatic rings. The van der Waals surface area contributed by atoms with Gasteiger partial charge in [0.1, 0.15) is 0 Å². The lowest BCUT2D eigenvalue weighted by atomic mass is 10.1. The summed E-state index contributed by atoms with van der Waals surface area (Å²) in [4.78, 5) is 18.1. The Kier molecular flexibility index (Phi) is 5.93. The Morgan fingerprint density at radius 3 is 2.17 bits per heavy atom. The van der Waals surface area contributed by atoms with Crippen molar-refractivity contribution in [1.82, 2.24) is 14.7 Å². The maximum atomic E-state index is 13.4. The first kappa shape index (κ1) is 23.2. The van der Waals surface area contributed by atoms with Crippen LogP contribution in [0.2, 0.25) is 0 Å². The molecule has 3 aromatic carbocycles. The van der Waals surface area contributed by atoms with Crippen molar-refractivity contribution in [1.29, 1.82) is 0 Å². The van der Waals surface area contributed by atoms with Crippen molar-refractivity contribution >= 4 is 10.8 Å². The molecule has 0 unspecified atom stereocenters. The van der Waals surface area contributed by atoms with Crippen LogP contribution in [0.5, 0.6) is 17.2 Å². The van der Waals surface area contributed by atoms with E-state index in [0.29, 0.717) is 39.6 Å². The van der Waals surface area contributed by atoms with E-state index < -0.39 is 0 Å². The van der Waals surface area contributed by atoms with Crippen molar-refractivity contribution in [3.8, 4) is 45.8 Å². The lowest BCUT2D eigenvalue weighted by Gasteiger charge is -2.13. The molecule has 182 valence electrons. The zero-order valence-corrected chi connectivity index (χ0v) is 20.7. The van der Waals surface area contributed by atoms with Gasteiger partial charge in [0.15, 0.2) is 11.5 Å². The highest BCUT2D eigenvalue weighted by Gasteiger charge is 2.20. The summed E-state index contributed by atoms with van der Waals surface area (Å²) in [7, 11) is 4.64. The standard InChI is InChI=1S/C28H25N3O5/c1-16-10-11-19(12-17(16)2)31-15-22(20-8-6-7-9-21(20)28(31)32)27-29-26(30-36-27)18-13-23(33-3)25(35-5)24(14-18)34-4/h6-15H,1-5H3. The van der Waals surface area contributed by atoms with E-state index in [1.807, 2.05) is 50.2 Å². The molecule has 0 atom stereocenters. The predicted octanol–water partition coefficient (Wildman–Crippen LogP) is 5.35. The number of rotatable bonds is 6. The van der Waals surface area contributed by atoms with E-state index in [-0.39, 0.29) is 11.4 Å². The van der Waals surface area contributed by atoms with Gasteiger partial charge < -0.3 is 18.7 Å². The van der Waals surface area contributed by atoms with Gasteiger partial charge in [-0.3, -0.25) is 9.36 Å². The molecule has 0 saturated heterocycles. The second-order valence-electron chi connectivity index (χ2n) is 8.37. The first-order valence-corrected chi connectivity index (χ1v) is 11.3. The zero-order valence-electron chi connectivity index (χ0n) is 20.7. The fraction of sp³-hybridized carbons (Fsp3) is 0.179. The van der Waals surface area contributed by atoms with Crippen LogP contribution in [0.1, 0.15) is 11.1 Å². The van der Waals surface area contributed by atoms with Crippen molar-refractivity contribution < 1.29 is 18.7 Å². The summed E-state index contributed by atoms with van der Waals surface area (Å²) in [5, 5.41) is 5.48. The Hall–Kier alpha value is -4.59. The van der Waals surface area contributed by atoms with Crippen LogP contribution in [0.15, 0.2) is 70.1 Å². The average Bonchev–Trinajstić information content (AvgIpc) is 3.40. The quantitative estimate of drug-likeness (QED) is 0.322. The second kappa shape index (κ2) is 9.22. The number of hydrogen-bond donors (Lipinski definition) is 0. The highest BCUT2D eigenvalue weighted by molar-refractivity contribution is 5.94. The second-order valence-corrected chi connectivity index (χ2v) is 8.37. The molecule has 2 aromatic heterocycles. The molecule has 0 radical (unpaired) electrons.